The van der Waals surface area contributed by atoms with Crippen molar-refractivity contribution in [3.63, 3.8) is 0 Å². The van der Waals surface area contributed by atoms with Gasteiger partial charge < -0.3 is 10.1 Å². The van der Waals surface area contributed by atoms with Crippen molar-refractivity contribution in [2.24, 2.45) is 5.14 Å². The van der Waals surface area contributed by atoms with E-state index < -0.39 is 16.1 Å². The van der Waals surface area contributed by atoms with Gasteiger partial charge in [-0.1, -0.05) is 0 Å². The molecule has 0 saturated carbocycles. The molecule has 1 unspecified atom stereocenters. The van der Waals surface area contributed by atoms with Gasteiger partial charge in [-0.05, 0) is 37.6 Å². The van der Waals surface area contributed by atoms with E-state index in [0.29, 0.717) is 11.3 Å². The fourth-order valence-corrected chi connectivity index (χ4v) is 2.24. The average molecular weight is 272 g/mol. The molecule has 1 amide bonds. The van der Waals surface area contributed by atoms with Gasteiger partial charge in [-0.3, -0.25) is 4.79 Å². The number of ether oxygens (including phenoxy) is 1. The van der Waals surface area contributed by atoms with E-state index in [9.17, 15) is 13.2 Å². The standard InChI is InChI=1S/C11H16N2O4S/c1-7-6-9(17-8(2)11(14)13-3)4-5-10(7)18(12,15)16/h4-6,8H,1-3H3,(H,13,14)(H2,12,15,16). The maximum atomic E-state index is 11.3. The van der Waals surface area contributed by atoms with Crippen LogP contribution in [0.3, 0.4) is 0 Å². The van der Waals surface area contributed by atoms with Crippen molar-refractivity contribution in [1.29, 1.82) is 0 Å². The first kappa shape index (κ1) is 14.5. The van der Waals surface area contributed by atoms with Gasteiger partial charge >= 0.3 is 0 Å². The summed E-state index contributed by atoms with van der Waals surface area (Å²) in [6, 6.07) is 4.35. The minimum Gasteiger partial charge on any atom is -0.481 e. The Morgan fingerprint density at radius 1 is 1.44 bits per heavy atom. The van der Waals surface area contributed by atoms with E-state index in [2.05, 4.69) is 5.32 Å². The van der Waals surface area contributed by atoms with Gasteiger partial charge in [-0.2, -0.15) is 0 Å². The normalized spacial score (nSPS) is 12.9. The van der Waals surface area contributed by atoms with Gasteiger partial charge in [-0.15, -0.1) is 0 Å². The SMILES string of the molecule is CNC(=O)C(C)Oc1ccc(S(N)(=O)=O)c(C)c1. The molecule has 0 spiro atoms. The van der Waals surface area contributed by atoms with Crippen LogP contribution in [-0.2, 0) is 14.8 Å². The molecule has 0 aliphatic heterocycles. The average Bonchev–Trinajstić information content (AvgIpc) is 2.26. The minimum atomic E-state index is -3.73. The molecular weight excluding hydrogens is 256 g/mol. The molecule has 18 heavy (non-hydrogen) atoms. The van der Waals surface area contributed by atoms with Gasteiger partial charge in [0, 0.05) is 7.05 Å². The van der Waals surface area contributed by atoms with Crippen molar-refractivity contribution < 1.29 is 17.9 Å². The number of amides is 1. The van der Waals surface area contributed by atoms with Crippen LogP contribution in [0.4, 0.5) is 0 Å². The second-order valence-electron chi connectivity index (χ2n) is 3.85. The summed E-state index contributed by atoms with van der Waals surface area (Å²) in [6.07, 6.45) is -0.658. The Bertz CT molecular complexity index is 554. The van der Waals surface area contributed by atoms with Crippen LogP contribution in [0.15, 0.2) is 23.1 Å². The predicted molar refractivity (Wildman–Crippen MR) is 66.7 cm³/mol. The summed E-state index contributed by atoms with van der Waals surface area (Å²) >= 11 is 0. The molecule has 0 radical (unpaired) electrons. The maximum absolute atomic E-state index is 11.3. The molecule has 3 N–H and O–H groups in total. The Labute approximate surface area is 106 Å². The van der Waals surface area contributed by atoms with Crippen LogP contribution in [0.2, 0.25) is 0 Å². The molecule has 100 valence electrons. The van der Waals surface area contributed by atoms with Crippen molar-refractivity contribution in [2.45, 2.75) is 24.8 Å². The smallest absolute Gasteiger partial charge is 0.260 e. The lowest BCUT2D eigenvalue weighted by Gasteiger charge is -2.14. The van der Waals surface area contributed by atoms with E-state index in [-0.39, 0.29) is 10.8 Å². The third kappa shape index (κ3) is 3.44. The predicted octanol–water partition coefficient (Wildman–Crippen LogP) is 0.156. The van der Waals surface area contributed by atoms with Gasteiger partial charge in [0.1, 0.15) is 5.75 Å². The molecule has 0 aromatic heterocycles. The number of hydrogen-bond donors (Lipinski definition) is 2. The van der Waals surface area contributed by atoms with Crippen LogP contribution < -0.4 is 15.2 Å². The zero-order valence-corrected chi connectivity index (χ0v) is 11.2. The maximum Gasteiger partial charge on any atom is 0.260 e. The van der Waals surface area contributed by atoms with E-state index in [4.69, 9.17) is 9.88 Å². The number of nitrogens with two attached hydrogens (primary N) is 1. The molecule has 0 saturated heterocycles. The molecule has 0 bridgehead atoms. The third-order valence-corrected chi connectivity index (χ3v) is 3.45. The summed E-state index contributed by atoms with van der Waals surface area (Å²) in [4.78, 5) is 11.3. The minimum absolute atomic E-state index is 0.0439. The summed E-state index contributed by atoms with van der Waals surface area (Å²) in [5, 5.41) is 7.50. The lowest BCUT2D eigenvalue weighted by molar-refractivity contribution is -0.126. The highest BCUT2D eigenvalue weighted by Gasteiger charge is 2.15. The van der Waals surface area contributed by atoms with Gasteiger partial charge in [0.25, 0.3) is 5.91 Å². The molecule has 7 heteroatoms. The van der Waals surface area contributed by atoms with E-state index in [0.717, 1.165) is 0 Å². The van der Waals surface area contributed by atoms with Crippen molar-refractivity contribution in [2.75, 3.05) is 7.05 Å². The number of carbonyl (C=O) groups is 1. The molecule has 1 aromatic rings. The molecule has 0 aliphatic rings. The van der Waals surface area contributed by atoms with Crippen LogP contribution >= 0.6 is 0 Å². The van der Waals surface area contributed by atoms with Crippen molar-refractivity contribution >= 4 is 15.9 Å². The molecule has 0 fully saturated rings. The highest BCUT2D eigenvalue weighted by atomic mass is 32.2. The second kappa shape index (κ2) is 5.36. The number of carbonyl (C=O) groups excluding carboxylic acids is 1. The van der Waals surface area contributed by atoms with E-state index >= 15 is 0 Å². The number of primary sulfonamides is 1. The Morgan fingerprint density at radius 2 is 2.06 bits per heavy atom. The first-order valence-electron chi connectivity index (χ1n) is 5.27. The van der Waals surface area contributed by atoms with E-state index in [1.807, 2.05) is 0 Å². The number of likely N-dealkylation sites (N-methyl/N-ethyl adjacent to an activating group) is 1. The summed E-state index contributed by atoms with van der Waals surface area (Å²) < 4.78 is 27.8. The molecular formula is C11H16N2O4S. The number of rotatable bonds is 4. The number of benzene rings is 1. The van der Waals surface area contributed by atoms with Gasteiger partial charge in [0.05, 0.1) is 4.90 Å². The number of aryl methyl sites for hydroxylation is 1. The number of hydrogen-bond acceptors (Lipinski definition) is 4. The van der Waals surface area contributed by atoms with Crippen molar-refractivity contribution in [3.05, 3.63) is 23.8 Å². The van der Waals surface area contributed by atoms with E-state index in [1.165, 1.54) is 25.2 Å². The molecule has 0 aliphatic carbocycles. The van der Waals surface area contributed by atoms with E-state index in [1.54, 1.807) is 13.8 Å². The van der Waals surface area contributed by atoms with Crippen LogP contribution in [0.25, 0.3) is 0 Å². The van der Waals surface area contributed by atoms with Crippen LogP contribution in [0, 0.1) is 6.92 Å². The first-order valence-corrected chi connectivity index (χ1v) is 6.82. The van der Waals surface area contributed by atoms with Gasteiger partial charge in [0.15, 0.2) is 6.10 Å². The van der Waals surface area contributed by atoms with Crippen LogP contribution in [-0.4, -0.2) is 27.5 Å². The highest BCUT2D eigenvalue weighted by Crippen LogP contribution is 2.21. The van der Waals surface area contributed by atoms with Crippen molar-refractivity contribution in [3.8, 4) is 5.75 Å². The largest absolute Gasteiger partial charge is 0.481 e. The first-order chi connectivity index (χ1) is 8.25. The molecule has 0 heterocycles. The summed E-state index contributed by atoms with van der Waals surface area (Å²) in [7, 11) is -2.22. The summed E-state index contributed by atoms with van der Waals surface area (Å²) in [6.45, 7) is 3.21. The lowest BCUT2D eigenvalue weighted by atomic mass is 10.2. The Morgan fingerprint density at radius 3 is 2.50 bits per heavy atom. The number of nitrogens with one attached hydrogen (secondary N) is 1. The lowest BCUT2D eigenvalue weighted by Crippen LogP contribution is -2.33. The fraction of sp³-hybridized carbons (Fsp3) is 0.364. The Hall–Kier alpha value is -1.60. The Balaban J connectivity index is 2.96. The monoisotopic (exact) mass is 272 g/mol. The van der Waals surface area contributed by atoms with Crippen LogP contribution in [0.1, 0.15) is 12.5 Å². The quantitative estimate of drug-likeness (QED) is 0.815. The fourth-order valence-electron chi connectivity index (χ4n) is 1.48. The zero-order valence-electron chi connectivity index (χ0n) is 10.4. The summed E-state index contributed by atoms with van der Waals surface area (Å²) in [5.74, 6) is 0.152. The third-order valence-electron chi connectivity index (χ3n) is 2.38. The highest BCUT2D eigenvalue weighted by molar-refractivity contribution is 7.89. The Kier molecular flexibility index (Phi) is 4.31. The second-order valence-corrected chi connectivity index (χ2v) is 5.38. The van der Waals surface area contributed by atoms with Gasteiger partial charge in [0.2, 0.25) is 10.0 Å². The summed E-state index contributed by atoms with van der Waals surface area (Å²) in [5.41, 5.74) is 0.471. The van der Waals surface area contributed by atoms with Crippen LogP contribution in [0.5, 0.6) is 5.75 Å². The molecule has 1 rings (SSSR count). The molecule has 1 atom stereocenters. The van der Waals surface area contributed by atoms with Gasteiger partial charge in [-0.25, -0.2) is 13.6 Å². The zero-order chi connectivity index (χ0) is 13.9. The van der Waals surface area contributed by atoms with Crippen molar-refractivity contribution in [1.82, 2.24) is 5.32 Å². The molecule has 1 aromatic carbocycles. The number of sulfonamides is 1. The molecule has 6 nitrogen and oxygen atoms in total. The topological polar surface area (TPSA) is 98.5 Å².